The zero-order valence-corrected chi connectivity index (χ0v) is 19.0. The molecule has 0 spiro atoms. The Bertz CT molecular complexity index is 1220. The van der Waals surface area contributed by atoms with E-state index in [1.54, 1.807) is 12.3 Å². The molecule has 5 atom stereocenters. The second-order valence-corrected chi connectivity index (χ2v) is 9.88. The van der Waals surface area contributed by atoms with Crippen LogP contribution in [0.25, 0.3) is 10.9 Å². The highest BCUT2D eigenvalue weighted by atomic mass is 16.3. The van der Waals surface area contributed by atoms with E-state index in [-0.39, 0.29) is 11.8 Å². The van der Waals surface area contributed by atoms with Crippen LogP contribution in [0.1, 0.15) is 46.0 Å². The molecule has 3 aromatic rings. The van der Waals surface area contributed by atoms with Gasteiger partial charge in [0.25, 0.3) is 0 Å². The number of hydrogen-bond donors (Lipinski definition) is 2. The number of para-hydroxylation sites is 1. The fraction of sp³-hybridized carbons (Fsp3) is 0.357. The molecule has 170 valence electrons. The summed E-state index contributed by atoms with van der Waals surface area (Å²) in [6.07, 6.45) is 5.89. The number of aromatic nitrogens is 1. The maximum Gasteiger partial charge on any atom is 0.153 e. The number of phenols is 1. The van der Waals surface area contributed by atoms with Gasteiger partial charge in [0.2, 0.25) is 0 Å². The second-order valence-electron chi connectivity index (χ2n) is 9.88. The van der Waals surface area contributed by atoms with Crippen molar-refractivity contribution < 1.29 is 19.5 Å². The first-order valence-electron chi connectivity index (χ1n) is 11.7. The Morgan fingerprint density at radius 2 is 2.09 bits per heavy atom. The molecule has 4 heterocycles. The van der Waals surface area contributed by atoms with Crippen LogP contribution >= 0.6 is 0 Å². The standard InChI is InChI=1S/C28H30N2O3/c1-3-19-15-30(16-21-12-18(2)13-22(17-31)27(21)32)11-9-20(19)14-26(30)28(33)24-8-10-29-25-7-5-4-6-23(24)25/h3-8,10,12-13,17,19-20,26,28,33H,1,9,11,14-16H2,2H3/p+1/t19-,20-,26-,28+,30-/m0/s1. The Balaban J connectivity index is 1.59. The number of carbonyl (C=O) groups excluding carboxylic acids is 1. The molecule has 0 radical (unpaired) electrons. The Hall–Kier alpha value is -3.02. The Morgan fingerprint density at radius 1 is 1.27 bits per heavy atom. The number of phenolic OH excluding ortho intramolecular Hbond substituents is 1. The molecular formula is C28H31N2O3+. The van der Waals surface area contributed by atoms with E-state index in [0.717, 1.165) is 59.8 Å². The lowest BCUT2D eigenvalue weighted by Crippen LogP contribution is -2.67. The van der Waals surface area contributed by atoms with E-state index >= 15 is 0 Å². The van der Waals surface area contributed by atoms with E-state index in [0.29, 0.717) is 28.4 Å². The number of aldehydes is 1. The van der Waals surface area contributed by atoms with E-state index in [1.165, 1.54) is 0 Å². The number of piperidine rings is 3. The van der Waals surface area contributed by atoms with Crippen molar-refractivity contribution in [2.45, 2.75) is 38.5 Å². The number of carbonyl (C=O) groups is 1. The van der Waals surface area contributed by atoms with Crippen molar-refractivity contribution in [3.05, 3.63) is 83.6 Å². The van der Waals surface area contributed by atoms with Crippen LogP contribution < -0.4 is 0 Å². The fourth-order valence-corrected chi connectivity index (χ4v) is 6.40. The number of benzene rings is 2. The van der Waals surface area contributed by atoms with E-state index in [9.17, 15) is 15.0 Å². The maximum absolute atomic E-state index is 11.8. The highest BCUT2D eigenvalue weighted by Gasteiger charge is 2.54. The molecule has 3 aliphatic rings. The van der Waals surface area contributed by atoms with Gasteiger partial charge >= 0.3 is 0 Å². The summed E-state index contributed by atoms with van der Waals surface area (Å²) in [5, 5.41) is 23.6. The number of aromatic hydroxyl groups is 1. The van der Waals surface area contributed by atoms with Gasteiger partial charge in [-0.2, -0.15) is 0 Å². The van der Waals surface area contributed by atoms with Crippen LogP contribution in [0.3, 0.4) is 0 Å². The monoisotopic (exact) mass is 443 g/mol. The summed E-state index contributed by atoms with van der Waals surface area (Å²) in [6.45, 7) is 8.43. The zero-order valence-electron chi connectivity index (χ0n) is 19.0. The predicted octanol–water partition coefficient (Wildman–Crippen LogP) is 4.71. The molecule has 3 aliphatic heterocycles. The first-order chi connectivity index (χ1) is 16.0. The lowest BCUT2D eigenvalue weighted by Gasteiger charge is -2.58. The fourth-order valence-electron chi connectivity index (χ4n) is 6.40. The normalized spacial score (nSPS) is 27.4. The number of pyridine rings is 1. The molecular weight excluding hydrogens is 412 g/mol. The van der Waals surface area contributed by atoms with Gasteiger partial charge < -0.3 is 14.7 Å². The number of quaternary nitrogens is 1. The Morgan fingerprint density at radius 3 is 2.88 bits per heavy atom. The molecule has 0 saturated carbocycles. The highest BCUT2D eigenvalue weighted by molar-refractivity contribution is 5.82. The molecule has 0 unspecified atom stereocenters. The quantitative estimate of drug-likeness (QED) is 0.329. The SMILES string of the molecule is C=C[C@H]1C[N@+]2(Cc3cc(C)cc(C=O)c3O)CC[C@H]1C[C@H]2[C@H](O)c1ccnc2ccccc12. The van der Waals surface area contributed by atoms with Crippen molar-refractivity contribution >= 4 is 17.2 Å². The van der Waals surface area contributed by atoms with Gasteiger partial charge in [0.1, 0.15) is 24.4 Å². The average Bonchev–Trinajstić information content (AvgIpc) is 2.85. The minimum atomic E-state index is -0.649. The topological polar surface area (TPSA) is 70.4 Å². The van der Waals surface area contributed by atoms with E-state index < -0.39 is 6.10 Å². The maximum atomic E-state index is 11.8. The van der Waals surface area contributed by atoms with Crippen molar-refractivity contribution in [2.24, 2.45) is 11.8 Å². The van der Waals surface area contributed by atoms with Gasteiger partial charge in [-0.3, -0.25) is 9.78 Å². The van der Waals surface area contributed by atoms with E-state index in [1.807, 2.05) is 43.3 Å². The number of aryl methyl sites for hydroxylation is 1. The van der Waals surface area contributed by atoms with Crippen LogP contribution in [-0.4, -0.2) is 45.1 Å². The van der Waals surface area contributed by atoms with Crippen LogP contribution in [0.2, 0.25) is 0 Å². The molecule has 6 rings (SSSR count). The number of hydrogen-bond acceptors (Lipinski definition) is 4. The van der Waals surface area contributed by atoms with Gasteiger partial charge in [0.05, 0.1) is 24.2 Å². The first-order valence-corrected chi connectivity index (χ1v) is 11.7. The molecule has 1 aromatic heterocycles. The van der Waals surface area contributed by atoms with E-state index in [2.05, 4.69) is 17.6 Å². The number of fused-ring (bicyclic) bond motifs is 4. The van der Waals surface area contributed by atoms with Crippen LogP contribution in [0.15, 0.2) is 61.3 Å². The van der Waals surface area contributed by atoms with Gasteiger partial charge in [-0.1, -0.05) is 24.3 Å². The molecule has 5 nitrogen and oxygen atoms in total. The smallest absolute Gasteiger partial charge is 0.153 e. The Labute approximate surface area is 194 Å². The van der Waals surface area contributed by atoms with Gasteiger partial charge in [-0.05, 0) is 48.2 Å². The number of aliphatic hydroxyl groups excluding tert-OH is 1. The molecule has 2 N–H and O–H groups in total. The van der Waals surface area contributed by atoms with Crippen LogP contribution in [0, 0.1) is 18.8 Å². The van der Waals surface area contributed by atoms with Gasteiger partial charge in [-0.25, -0.2) is 0 Å². The molecule has 0 amide bonds. The third-order valence-corrected chi connectivity index (χ3v) is 8.02. The first kappa shape index (κ1) is 21.8. The van der Waals surface area contributed by atoms with Crippen molar-refractivity contribution in [1.29, 1.82) is 0 Å². The van der Waals surface area contributed by atoms with E-state index in [4.69, 9.17) is 0 Å². The van der Waals surface area contributed by atoms with Crippen molar-refractivity contribution in [3.63, 3.8) is 0 Å². The summed E-state index contributed by atoms with van der Waals surface area (Å²) >= 11 is 0. The molecule has 3 fully saturated rings. The summed E-state index contributed by atoms with van der Waals surface area (Å²) < 4.78 is 0.681. The lowest BCUT2D eigenvalue weighted by atomic mass is 9.71. The number of nitrogens with zero attached hydrogens (tertiary/aromatic N) is 2. The second kappa shape index (κ2) is 8.40. The summed E-state index contributed by atoms with van der Waals surface area (Å²) in [5.74, 6) is 0.953. The average molecular weight is 444 g/mol. The van der Waals surface area contributed by atoms with Crippen LogP contribution in [-0.2, 0) is 6.54 Å². The minimum absolute atomic E-state index is 0.00894. The zero-order chi connectivity index (χ0) is 23.2. The van der Waals surface area contributed by atoms with Crippen molar-refractivity contribution in [2.75, 3.05) is 13.1 Å². The third kappa shape index (κ3) is 3.65. The highest BCUT2D eigenvalue weighted by Crippen LogP contribution is 2.48. The molecule has 3 saturated heterocycles. The largest absolute Gasteiger partial charge is 0.507 e. The minimum Gasteiger partial charge on any atom is -0.507 e. The molecule has 5 heteroatoms. The number of rotatable bonds is 6. The van der Waals surface area contributed by atoms with Gasteiger partial charge in [0.15, 0.2) is 6.29 Å². The summed E-state index contributed by atoms with van der Waals surface area (Å²) in [6, 6.07) is 13.6. The molecule has 33 heavy (non-hydrogen) atoms. The van der Waals surface area contributed by atoms with Gasteiger partial charge in [0, 0.05) is 35.9 Å². The molecule has 0 aliphatic carbocycles. The molecule has 2 aromatic carbocycles. The lowest BCUT2D eigenvalue weighted by molar-refractivity contribution is -0.985. The predicted molar refractivity (Wildman–Crippen MR) is 129 cm³/mol. The third-order valence-electron chi connectivity index (χ3n) is 8.02. The van der Waals surface area contributed by atoms with Crippen LogP contribution in [0.5, 0.6) is 5.75 Å². The summed E-state index contributed by atoms with van der Waals surface area (Å²) in [4.78, 5) is 16.0. The Kier molecular flexibility index (Phi) is 5.55. The van der Waals surface area contributed by atoms with Crippen LogP contribution in [0.4, 0.5) is 0 Å². The van der Waals surface area contributed by atoms with Crippen molar-refractivity contribution in [1.82, 2.24) is 4.98 Å². The summed E-state index contributed by atoms with van der Waals surface area (Å²) in [7, 11) is 0. The summed E-state index contributed by atoms with van der Waals surface area (Å²) in [5.41, 5.74) is 3.84. The van der Waals surface area contributed by atoms with Crippen molar-refractivity contribution in [3.8, 4) is 5.75 Å². The molecule has 2 bridgehead atoms. The number of aliphatic hydroxyl groups is 1. The van der Waals surface area contributed by atoms with Gasteiger partial charge in [-0.15, -0.1) is 6.58 Å².